The van der Waals surface area contributed by atoms with Gasteiger partial charge in [-0.15, -0.1) is 0 Å². The van der Waals surface area contributed by atoms with Gasteiger partial charge < -0.3 is 0 Å². The summed E-state index contributed by atoms with van der Waals surface area (Å²) in [5.74, 6) is -0.614. The Morgan fingerprint density at radius 1 is 0.933 bits per heavy atom. The topological polar surface area (TPSA) is 93.3 Å². The van der Waals surface area contributed by atoms with Gasteiger partial charge in [0.2, 0.25) is 0 Å². The molecule has 7 heteroatoms. The van der Waals surface area contributed by atoms with Crippen LogP contribution in [-0.4, -0.2) is 20.2 Å². The minimum absolute atomic E-state index is 0.215. The highest BCUT2D eigenvalue weighted by atomic mass is 16.5. The summed E-state index contributed by atoms with van der Waals surface area (Å²) in [6.07, 6.45) is 0. The third kappa shape index (κ3) is 3.31. The molecule has 0 bridgehead atoms. The molecule has 2 N–H and O–H groups in total. The van der Waals surface area contributed by atoms with Gasteiger partial charge in [0.25, 0.3) is 11.5 Å². The lowest BCUT2D eigenvalue weighted by molar-refractivity contribution is 0.0706. The van der Waals surface area contributed by atoms with Gasteiger partial charge in [-0.1, -0.05) is 42.5 Å². The second kappa shape index (κ2) is 7.81. The highest BCUT2D eigenvalue weighted by Crippen LogP contribution is 2.15. The Morgan fingerprint density at radius 3 is 2.30 bits per heavy atom. The number of aryl methyl sites for hydroxylation is 1. The maximum absolute atomic E-state index is 13.4. The van der Waals surface area contributed by atoms with Crippen molar-refractivity contribution in [2.75, 3.05) is 0 Å². The van der Waals surface area contributed by atoms with E-state index < -0.39 is 11.6 Å². The number of para-hydroxylation sites is 2. The number of carbonyl (C=O) groups excluding carboxylic acids is 1. The molecule has 0 unspecified atom stereocenters. The van der Waals surface area contributed by atoms with Gasteiger partial charge in [0, 0.05) is 5.56 Å². The first-order valence-corrected chi connectivity index (χ1v) is 9.35. The highest BCUT2D eigenvalue weighted by Gasteiger charge is 2.16. The second-order valence-electron chi connectivity index (χ2n) is 6.95. The molecule has 4 aromatic rings. The van der Waals surface area contributed by atoms with Crippen molar-refractivity contribution in [1.82, 2.24) is 14.6 Å². The lowest BCUT2D eigenvalue weighted by Gasteiger charge is -2.15. The number of carbonyl (C=O) groups is 1. The molecule has 30 heavy (non-hydrogen) atoms. The number of rotatable bonds is 4. The molecule has 7 nitrogen and oxygen atoms in total. The van der Waals surface area contributed by atoms with Crippen molar-refractivity contribution in [3.63, 3.8) is 0 Å². The van der Waals surface area contributed by atoms with Crippen molar-refractivity contribution in [3.05, 3.63) is 110 Å². The summed E-state index contributed by atoms with van der Waals surface area (Å²) in [5.41, 5.74) is 3.75. The summed E-state index contributed by atoms with van der Waals surface area (Å²) >= 11 is 0. The maximum Gasteiger partial charge on any atom is 0.336 e. The van der Waals surface area contributed by atoms with E-state index in [4.69, 9.17) is 5.21 Å². The first-order chi connectivity index (χ1) is 14.5. The van der Waals surface area contributed by atoms with Gasteiger partial charge in [-0.3, -0.25) is 19.4 Å². The number of nitrogens with one attached hydrogen (secondary N) is 1. The van der Waals surface area contributed by atoms with Crippen molar-refractivity contribution < 1.29 is 10.0 Å². The zero-order valence-corrected chi connectivity index (χ0v) is 16.2. The van der Waals surface area contributed by atoms with Crippen molar-refractivity contribution in [2.45, 2.75) is 13.5 Å². The van der Waals surface area contributed by atoms with Gasteiger partial charge in [-0.2, -0.15) is 0 Å². The van der Waals surface area contributed by atoms with E-state index in [1.165, 1.54) is 4.57 Å². The van der Waals surface area contributed by atoms with Crippen LogP contribution in [0.3, 0.4) is 0 Å². The molecule has 4 rings (SSSR count). The smallest absolute Gasteiger partial charge is 0.288 e. The zero-order valence-electron chi connectivity index (χ0n) is 16.2. The minimum atomic E-state index is -0.614. The Morgan fingerprint density at radius 2 is 1.60 bits per heavy atom. The van der Waals surface area contributed by atoms with Crippen LogP contribution in [0.25, 0.3) is 16.6 Å². The van der Waals surface area contributed by atoms with Crippen LogP contribution in [0.1, 0.15) is 21.5 Å². The van der Waals surface area contributed by atoms with Crippen LogP contribution in [0.5, 0.6) is 0 Å². The van der Waals surface area contributed by atoms with Gasteiger partial charge in [0.1, 0.15) is 0 Å². The fourth-order valence-electron chi connectivity index (χ4n) is 3.51. The average Bonchev–Trinajstić information content (AvgIpc) is 2.78. The second-order valence-corrected chi connectivity index (χ2v) is 6.95. The maximum atomic E-state index is 13.4. The first-order valence-electron chi connectivity index (χ1n) is 9.35. The lowest BCUT2D eigenvalue weighted by atomic mass is 10.1. The number of benzene rings is 3. The molecule has 0 aliphatic rings. The standard InChI is InChI=1S/C23H19N3O4/c1-15-6-2-4-8-19(15)26-22(28)18-7-3-5-9-20(18)25(23(26)29)14-16-10-12-17(13-11-16)21(27)24-30/h2-13,30H,14H2,1H3,(H,24,27). The minimum Gasteiger partial charge on any atom is -0.288 e. The molecular formula is C23H19N3O4. The van der Waals surface area contributed by atoms with E-state index in [0.29, 0.717) is 22.2 Å². The molecule has 3 aromatic carbocycles. The summed E-state index contributed by atoms with van der Waals surface area (Å²) in [5, 5.41) is 9.20. The molecule has 1 heterocycles. The molecule has 0 aliphatic carbocycles. The quantitative estimate of drug-likeness (QED) is 0.406. The van der Waals surface area contributed by atoms with E-state index in [-0.39, 0.29) is 12.1 Å². The number of hydrogen-bond donors (Lipinski definition) is 2. The van der Waals surface area contributed by atoms with E-state index in [1.807, 2.05) is 19.1 Å². The van der Waals surface area contributed by atoms with Crippen LogP contribution in [0.2, 0.25) is 0 Å². The summed E-state index contributed by atoms with van der Waals surface area (Å²) < 4.78 is 2.75. The molecule has 0 radical (unpaired) electrons. The van der Waals surface area contributed by atoms with Crippen LogP contribution < -0.4 is 16.7 Å². The number of hydrogen-bond acceptors (Lipinski definition) is 4. The Kier molecular flexibility index (Phi) is 5.04. The molecule has 150 valence electrons. The van der Waals surface area contributed by atoms with E-state index in [2.05, 4.69) is 0 Å². The summed E-state index contributed by atoms with van der Waals surface area (Å²) in [4.78, 5) is 38.1. The fourth-order valence-corrected chi connectivity index (χ4v) is 3.51. The van der Waals surface area contributed by atoms with E-state index >= 15 is 0 Å². The van der Waals surface area contributed by atoms with Gasteiger partial charge in [-0.25, -0.2) is 14.8 Å². The molecular weight excluding hydrogens is 382 g/mol. The first kappa shape index (κ1) is 19.4. The van der Waals surface area contributed by atoms with Gasteiger partial charge in [-0.05, 0) is 48.4 Å². The number of fused-ring (bicyclic) bond motifs is 1. The van der Waals surface area contributed by atoms with Crippen molar-refractivity contribution in [2.24, 2.45) is 0 Å². The van der Waals surface area contributed by atoms with Crippen LogP contribution in [-0.2, 0) is 6.54 Å². The molecule has 0 fully saturated rings. The third-order valence-electron chi connectivity index (χ3n) is 5.07. The lowest BCUT2D eigenvalue weighted by Crippen LogP contribution is -2.39. The Hall–Kier alpha value is -3.97. The van der Waals surface area contributed by atoms with Crippen molar-refractivity contribution in [3.8, 4) is 5.69 Å². The Balaban J connectivity index is 1.92. The largest absolute Gasteiger partial charge is 0.336 e. The summed E-state index contributed by atoms with van der Waals surface area (Å²) in [6.45, 7) is 2.07. The molecule has 1 aromatic heterocycles. The van der Waals surface area contributed by atoms with Crippen LogP contribution in [0, 0.1) is 6.92 Å². The number of nitrogens with zero attached hydrogens (tertiary/aromatic N) is 2. The molecule has 0 spiro atoms. The SMILES string of the molecule is Cc1ccccc1-n1c(=O)c2ccccc2n(Cc2ccc(C(=O)NO)cc2)c1=O. The van der Waals surface area contributed by atoms with Gasteiger partial charge in [0.15, 0.2) is 0 Å². The molecule has 1 amide bonds. The highest BCUT2D eigenvalue weighted by molar-refractivity contribution is 5.93. The van der Waals surface area contributed by atoms with Gasteiger partial charge in [0.05, 0.1) is 23.1 Å². The Labute approximate surface area is 171 Å². The fraction of sp³-hybridized carbons (Fsp3) is 0.0870. The van der Waals surface area contributed by atoms with E-state index in [0.717, 1.165) is 11.1 Å². The predicted molar refractivity (Wildman–Crippen MR) is 113 cm³/mol. The number of hydroxylamine groups is 1. The monoisotopic (exact) mass is 401 g/mol. The number of aromatic nitrogens is 2. The molecule has 0 aliphatic heterocycles. The Bertz CT molecular complexity index is 1370. The number of amides is 1. The third-order valence-corrected chi connectivity index (χ3v) is 5.07. The summed E-state index contributed by atoms with van der Waals surface area (Å²) in [7, 11) is 0. The van der Waals surface area contributed by atoms with Crippen LogP contribution in [0.4, 0.5) is 0 Å². The predicted octanol–water partition coefficient (Wildman–Crippen LogP) is 2.63. The van der Waals surface area contributed by atoms with Crippen molar-refractivity contribution >= 4 is 16.8 Å². The molecule has 0 saturated carbocycles. The van der Waals surface area contributed by atoms with Gasteiger partial charge >= 0.3 is 5.69 Å². The van der Waals surface area contributed by atoms with E-state index in [9.17, 15) is 14.4 Å². The van der Waals surface area contributed by atoms with Crippen molar-refractivity contribution in [1.29, 1.82) is 0 Å². The molecule has 0 atom stereocenters. The summed E-state index contributed by atoms with van der Waals surface area (Å²) in [6, 6.07) is 20.8. The normalized spacial score (nSPS) is 10.9. The molecule has 0 saturated heterocycles. The van der Waals surface area contributed by atoms with Crippen LogP contribution in [0.15, 0.2) is 82.4 Å². The van der Waals surface area contributed by atoms with E-state index in [1.54, 1.807) is 70.7 Å². The van der Waals surface area contributed by atoms with Crippen LogP contribution >= 0.6 is 0 Å². The zero-order chi connectivity index (χ0) is 21.3. The average molecular weight is 401 g/mol.